The highest BCUT2D eigenvalue weighted by Crippen LogP contribution is 2.25. The van der Waals surface area contributed by atoms with Gasteiger partial charge < -0.3 is 10.1 Å². The minimum absolute atomic E-state index is 0.0808. The number of aryl methyl sites for hydroxylation is 1. The molecule has 0 bridgehead atoms. The van der Waals surface area contributed by atoms with Gasteiger partial charge in [-0.1, -0.05) is 0 Å². The van der Waals surface area contributed by atoms with E-state index in [9.17, 15) is 4.79 Å². The third kappa shape index (κ3) is 3.48. The Labute approximate surface area is 133 Å². The van der Waals surface area contributed by atoms with Gasteiger partial charge in [0.15, 0.2) is 10.8 Å². The maximum atomic E-state index is 12.3. The van der Waals surface area contributed by atoms with E-state index in [-0.39, 0.29) is 5.91 Å². The number of carbonyl (C=O) groups is 1. The molecule has 1 atom stereocenters. The SMILES string of the molecule is Cc1nc(-c2ncccn2)sc1C(=O)NC[C@H]1CCCOC1. The number of aromatic nitrogens is 3. The number of nitrogens with zero attached hydrogens (tertiary/aromatic N) is 3. The summed E-state index contributed by atoms with van der Waals surface area (Å²) in [6.07, 6.45) is 5.50. The average Bonchev–Trinajstić information content (AvgIpc) is 2.96. The van der Waals surface area contributed by atoms with Crippen LogP contribution < -0.4 is 5.32 Å². The Hall–Kier alpha value is -1.86. The standard InChI is InChI=1S/C15H18N4O2S/c1-10-12(14(20)18-8-11-4-2-7-21-9-11)22-15(19-10)13-16-5-3-6-17-13/h3,5-6,11H,2,4,7-9H2,1H3,(H,18,20)/t11-/m1/s1. The van der Waals surface area contributed by atoms with Crippen LogP contribution in [0.1, 0.15) is 28.2 Å². The molecule has 3 rings (SSSR count). The van der Waals surface area contributed by atoms with Crippen LogP contribution in [0.15, 0.2) is 18.5 Å². The van der Waals surface area contributed by atoms with Gasteiger partial charge in [-0.3, -0.25) is 4.79 Å². The van der Waals surface area contributed by atoms with E-state index in [0.29, 0.717) is 33.9 Å². The number of hydrogen-bond donors (Lipinski definition) is 1. The third-order valence-electron chi connectivity index (χ3n) is 3.57. The summed E-state index contributed by atoms with van der Waals surface area (Å²) in [6, 6.07) is 1.75. The first-order chi connectivity index (χ1) is 10.7. The van der Waals surface area contributed by atoms with Gasteiger partial charge in [-0.05, 0) is 31.7 Å². The van der Waals surface area contributed by atoms with Crippen LogP contribution in [0.5, 0.6) is 0 Å². The zero-order valence-electron chi connectivity index (χ0n) is 12.4. The average molecular weight is 318 g/mol. The smallest absolute Gasteiger partial charge is 0.263 e. The van der Waals surface area contributed by atoms with Crippen LogP contribution >= 0.6 is 11.3 Å². The molecule has 0 aromatic carbocycles. The number of carbonyl (C=O) groups excluding carboxylic acids is 1. The van der Waals surface area contributed by atoms with E-state index >= 15 is 0 Å². The normalized spacial score (nSPS) is 18.1. The van der Waals surface area contributed by atoms with Crippen molar-refractivity contribution in [1.29, 1.82) is 0 Å². The molecule has 1 fully saturated rings. The largest absolute Gasteiger partial charge is 0.381 e. The van der Waals surface area contributed by atoms with Crippen molar-refractivity contribution in [2.24, 2.45) is 5.92 Å². The van der Waals surface area contributed by atoms with E-state index in [2.05, 4.69) is 20.3 Å². The Morgan fingerprint density at radius 1 is 1.45 bits per heavy atom. The second-order valence-corrected chi connectivity index (χ2v) is 6.30. The number of ether oxygens (including phenoxy) is 1. The fourth-order valence-electron chi connectivity index (χ4n) is 2.40. The zero-order chi connectivity index (χ0) is 15.4. The van der Waals surface area contributed by atoms with Gasteiger partial charge in [0.2, 0.25) is 0 Å². The first kappa shape index (κ1) is 15.1. The van der Waals surface area contributed by atoms with Gasteiger partial charge in [-0.2, -0.15) is 0 Å². The summed E-state index contributed by atoms with van der Waals surface area (Å²) in [7, 11) is 0. The van der Waals surface area contributed by atoms with Crippen molar-refractivity contribution in [2.75, 3.05) is 19.8 Å². The number of hydrogen-bond acceptors (Lipinski definition) is 6. The van der Waals surface area contributed by atoms with E-state index in [1.165, 1.54) is 11.3 Å². The molecule has 116 valence electrons. The van der Waals surface area contributed by atoms with Crippen molar-refractivity contribution >= 4 is 17.2 Å². The van der Waals surface area contributed by atoms with E-state index in [0.717, 1.165) is 26.1 Å². The number of nitrogens with one attached hydrogen (secondary N) is 1. The molecule has 1 aliphatic rings. The van der Waals surface area contributed by atoms with Gasteiger partial charge in [0.25, 0.3) is 5.91 Å². The van der Waals surface area contributed by atoms with Crippen LogP contribution in [-0.2, 0) is 4.74 Å². The summed E-state index contributed by atoms with van der Waals surface area (Å²) in [5, 5.41) is 3.66. The molecule has 7 heteroatoms. The van der Waals surface area contributed by atoms with Crippen LogP contribution in [0, 0.1) is 12.8 Å². The van der Waals surface area contributed by atoms with Crippen molar-refractivity contribution in [3.8, 4) is 10.8 Å². The van der Waals surface area contributed by atoms with Gasteiger partial charge >= 0.3 is 0 Å². The molecule has 22 heavy (non-hydrogen) atoms. The number of thiazole rings is 1. The maximum Gasteiger partial charge on any atom is 0.263 e. The minimum atomic E-state index is -0.0808. The highest BCUT2D eigenvalue weighted by Gasteiger charge is 2.19. The van der Waals surface area contributed by atoms with Crippen LogP contribution in [-0.4, -0.2) is 40.6 Å². The second kappa shape index (κ2) is 6.93. The molecule has 2 aromatic heterocycles. The molecule has 1 saturated heterocycles. The summed E-state index contributed by atoms with van der Waals surface area (Å²) < 4.78 is 5.43. The van der Waals surface area contributed by atoms with Crippen molar-refractivity contribution in [1.82, 2.24) is 20.3 Å². The minimum Gasteiger partial charge on any atom is -0.381 e. The molecule has 0 radical (unpaired) electrons. The Morgan fingerprint density at radius 2 is 2.27 bits per heavy atom. The van der Waals surface area contributed by atoms with Crippen molar-refractivity contribution < 1.29 is 9.53 Å². The second-order valence-electron chi connectivity index (χ2n) is 5.30. The van der Waals surface area contributed by atoms with Crippen molar-refractivity contribution in [3.05, 3.63) is 29.0 Å². The highest BCUT2D eigenvalue weighted by molar-refractivity contribution is 7.17. The van der Waals surface area contributed by atoms with Gasteiger partial charge in [0.05, 0.1) is 12.3 Å². The maximum absolute atomic E-state index is 12.3. The molecule has 3 heterocycles. The molecular formula is C15H18N4O2S. The number of amides is 1. The van der Waals surface area contributed by atoms with E-state index < -0.39 is 0 Å². The molecule has 0 saturated carbocycles. The van der Waals surface area contributed by atoms with Crippen LogP contribution in [0.25, 0.3) is 10.8 Å². The fraction of sp³-hybridized carbons (Fsp3) is 0.467. The Balaban J connectivity index is 1.66. The summed E-state index contributed by atoms with van der Waals surface area (Å²) >= 11 is 1.33. The first-order valence-electron chi connectivity index (χ1n) is 7.35. The predicted octanol–water partition coefficient (Wildman–Crippen LogP) is 2.06. The van der Waals surface area contributed by atoms with Crippen molar-refractivity contribution in [2.45, 2.75) is 19.8 Å². The summed E-state index contributed by atoms with van der Waals surface area (Å²) in [4.78, 5) is 25.7. The molecule has 1 aliphatic heterocycles. The van der Waals surface area contributed by atoms with Gasteiger partial charge in [0, 0.05) is 25.5 Å². The lowest BCUT2D eigenvalue weighted by molar-refractivity contribution is 0.0536. The molecule has 0 aliphatic carbocycles. The monoisotopic (exact) mass is 318 g/mol. The summed E-state index contributed by atoms with van der Waals surface area (Å²) in [5.74, 6) is 0.876. The Morgan fingerprint density at radius 3 is 3.00 bits per heavy atom. The number of rotatable bonds is 4. The van der Waals surface area contributed by atoms with Crippen molar-refractivity contribution in [3.63, 3.8) is 0 Å². The molecule has 1 N–H and O–H groups in total. The van der Waals surface area contributed by atoms with E-state index in [4.69, 9.17) is 4.74 Å². The lowest BCUT2D eigenvalue weighted by atomic mass is 10.0. The Kier molecular flexibility index (Phi) is 4.74. The highest BCUT2D eigenvalue weighted by atomic mass is 32.1. The third-order valence-corrected chi connectivity index (χ3v) is 4.72. The molecule has 0 unspecified atom stereocenters. The molecule has 2 aromatic rings. The summed E-state index contributed by atoms with van der Waals surface area (Å²) in [5.41, 5.74) is 0.713. The molecule has 0 spiro atoms. The molecular weight excluding hydrogens is 300 g/mol. The van der Waals surface area contributed by atoms with Gasteiger partial charge in [-0.25, -0.2) is 15.0 Å². The van der Waals surface area contributed by atoms with Gasteiger partial charge in [0.1, 0.15) is 4.88 Å². The van der Waals surface area contributed by atoms with Crippen LogP contribution in [0.4, 0.5) is 0 Å². The lowest BCUT2D eigenvalue weighted by Crippen LogP contribution is -2.33. The van der Waals surface area contributed by atoms with Crippen LogP contribution in [0.3, 0.4) is 0 Å². The molecule has 1 amide bonds. The summed E-state index contributed by atoms with van der Waals surface area (Å²) in [6.45, 7) is 4.04. The van der Waals surface area contributed by atoms with Gasteiger partial charge in [-0.15, -0.1) is 11.3 Å². The van der Waals surface area contributed by atoms with Crippen LogP contribution in [0.2, 0.25) is 0 Å². The first-order valence-corrected chi connectivity index (χ1v) is 8.16. The zero-order valence-corrected chi connectivity index (χ0v) is 13.2. The van der Waals surface area contributed by atoms with E-state index in [1.54, 1.807) is 18.5 Å². The fourth-order valence-corrected chi connectivity index (χ4v) is 3.33. The topological polar surface area (TPSA) is 77.0 Å². The predicted molar refractivity (Wildman–Crippen MR) is 83.8 cm³/mol. The Bertz CT molecular complexity index is 638. The van der Waals surface area contributed by atoms with E-state index in [1.807, 2.05) is 6.92 Å². The molecule has 6 nitrogen and oxygen atoms in total. The quantitative estimate of drug-likeness (QED) is 0.934. The lowest BCUT2D eigenvalue weighted by Gasteiger charge is -2.22.